The van der Waals surface area contributed by atoms with E-state index in [1.807, 2.05) is 0 Å². The van der Waals surface area contributed by atoms with Gasteiger partial charge in [0, 0.05) is 11.6 Å². The van der Waals surface area contributed by atoms with Gasteiger partial charge in [-0.05, 0) is 12.1 Å². The van der Waals surface area contributed by atoms with E-state index in [0.29, 0.717) is 5.56 Å². The molecule has 0 spiro atoms. The molecular weight excluding hydrogens is 467 g/mol. The minimum absolute atomic E-state index is 0.0265. The van der Waals surface area contributed by atoms with E-state index in [1.54, 1.807) is 42.5 Å². The highest BCUT2D eigenvalue weighted by Crippen LogP contribution is 2.44. The Morgan fingerprint density at radius 2 is 1.39 bits per heavy atom. The molecule has 0 amide bonds. The van der Waals surface area contributed by atoms with E-state index in [0.717, 1.165) is 0 Å². The van der Waals surface area contributed by atoms with Crippen LogP contribution in [0.3, 0.4) is 0 Å². The second-order valence-electron chi connectivity index (χ2n) is 6.73. The molecule has 0 heterocycles. The Morgan fingerprint density at radius 1 is 0.758 bits per heavy atom. The Balaban J connectivity index is 2.26. The van der Waals surface area contributed by atoms with Crippen molar-refractivity contribution in [2.75, 3.05) is 28.4 Å². The van der Waals surface area contributed by atoms with Gasteiger partial charge in [0.2, 0.25) is 11.3 Å². The molecule has 0 aromatic heterocycles. The molecule has 172 valence electrons. The van der Waals surface area contributed by atoms with Crippen molar-refractivity contribution in [1.29, 1.82) is 0 Å². The quantitative estimate of drug-likeness (QED) is 0.320. The molecule has 1 atom stereocenters. The molecule has 3 aromatic carbocycles. The van der Waals surface area contributed by atoms with E-state index >= 15 is 0 Å². The SMILES string of the molecule is COc1cccc(Cl)c1C(=O)[PH](=O)c1c(OC)cc(OC)c(C(=O)c2ccccc2)c1OC. The van der Waals surface area contributed by atoms with Gasteiger partial charge in [0.15, 0.2) is 7.80 Å². The van der Waals surface area contributed by atoms with Gasteiger partial charge in [0.1, 0.15) is 33.9 Å². The first-order valence-corrected chi connectivity index (χ1v) is 11.5. The van der Waals surface area contributed by atoms with Crippen molar-refractivity contribution >= 4 is 36.0 Å². The average molecular weight is 489 g/mol. The second-order valence-corrected chi connectivity index (χ2v) is 8.75. The van der Waals surface area contributed by atoms with Crippen LogP contribution in [0.4, 0.5) is 0 Å². The third kappa shape index (κ3) is 4.61. The molecule has 9 heteroatoms. The summed E-state index contributed by atoms with van der Waals surface area (Å²) >= 11 is 6.23. The van der Waals surface area contributed by atoms with E-state index in [1.165, 1.54) is 40.6 Å². The number of ether oxygens (including phenoxy) is 4. The number of halogens is 1. The Hall–Kier alpha value is -3.28. The third-order valence-corrected chi connectivity index (χ3v) is 6.88. The molecule has 33 heavy (non-hydrogen) atoms. The summed E-state index contributed by atoms with van der Waals surface area (Å²) in [4.78, 5) is 26.7. The van der Waals surface area contributed by atoms with Crippen LogP contribution in [0, 0.1) is 0 Å². The van der Waals surface area contributed by atoms with Crippen LogP contribution in [0.1, 0.15) is 26.3 Å². The summed E-state index contributed by atoms with van der Waals surface area (Å²) in [5.41, 5.74) is -0.396. The summed E-state index contributed by atoms with van der Waals surface area (Å²) in [6.45, 7) is 0. The summed E-state index contributed by atoms with van der Waals surface area (Å²) < 4.78 is 35.2. The molecule has 0 aliphatic heterocycles. The Labute approximate surface area is 197 Å². The predicted octanol–water partition coefficient (Wildman–Crippen LogP) is 4.63. The van der Waals surface area contributed by atoms with Crippen molar-refractivity contribution in [1.82, 2.24) is 0 Å². The highest BCUT2D eigenvalue weighted by atomic mass is 35.5. The van der Waals surface area contributed by atoms with Crippen LogP contribution in [0.25, 0.3) is 0 Å². The fraction of sp³-hybridized carbons (Fsp3) is 0.167. The molecule has 0 bridgehead atoms. The van der Waals surface area contributed by atoms with Gasteiger partial charge in [-0.1, -0.05) is 48.0 Å². The minimum atomic E-state index is -3.31. The first kappa shape index (κ1) is 24.4. The molecule has 0 radical (unpaired) electrons. The van der Waals surface area contributed by atoms with Crippen LogP contribution in [0.2, 0.25) is 5.02 Å². The summed E-state index contributed by atoms with van der Waals surface area (Å²) in [6, 6.07) is 14.5. The minimum Gasteiger partial charge on any atom is -0.496 e. The van der Waals surface area contributed by atoms with Gasteiger partial charge in [0.05, 0.1) is 39.0 Å². The molecule has 0 fully saturated rings. The fourth-order valence-electron chi connectivity index (χ4n) is 3.42. The largest absolute Gasteiger partial charge is 0.496 e. The highest BCUT2D eigenvalue weighted by molar-refractivity contribution is 7.72. The van der Waals surface area contributed by atoms with Crippen molar-refractivity contribution in [3.63, 3.8) is 0 Å². The van der Waals surface area contributed by atoms with Gasteiger partial charge in [-0.15, -0.1) is 0 Å². The maximum absolute atomic E-state index is 13.6. The zero-order valence-corrected chi connectivity index (χ0v) is 20.2. The van der Waals surface area contributed by atoms with Gasteiger partial charge in [-0.25, -0.2) is 0 Å². The van der Waals surface area contributed by atoms with Crippen molar-refractivity contribution in [2.24, 2.45) is 0 Å². The molecule has 0 aliphatic rings. The lowest BCUT2D eigenvalue weighted by molar-refractivity contribution is 0.103. The lowest BCUT2D eigenvalue weighted by atomic mass is 10.0. The molecule has 0 N–H and O–H groups in total. The molecular formula is C24H22ClO7P. The number of hydrogen-bond acceptors (Lipinski definition) is 7. The summed E-state index contributed by atoms with van der Waals surface area (Å²) in [7, 11) is 2.13. The van der Waals surface area contributed by atoms with Crippen LogP contribution in [-0.4, -0.2) is 39.7 Å². The zero-order valence-electron chi connectivity index (χ0n) is 18.4. The van der Waals surface area contributed by atoms with Crippen LogP contribution in [0.5, 0.6) is 23.0 Å². The maximum Gasteiger partial charge on any atom is 0.228 e. The maximum atomic E-state index is 13.6. The lowest BCUT2D eigenvalue weighted by Gasteiger charge is -2.19. The van der Waals surface area contributed by atoms with Gasteiger partial charge < -0.3 is 23.5 Å². The highest BCUT2D eigenvalue weighted by Gasteiger charge is 2.33. The summed E-state index contributed by atoms with van der Waals surface area (Å²) in [6.07, 6.45) is 0. The van der Waals surface area contributed by atoms with E-state index < -0.39 is 19.1 Å². The van der Waals surface area contributed by atoms with Crippen LogP contribution in [-0.2, 0) is 4.57 Å². The number of methoxy groups -OCH3 is 4. The molecule has 7 nitrogen and oxygen atoms in total. The number of carbonyl (C=O) groups excluding carboxylic acids is 2. The van der Waals surface area contributed by atoms with Crippen molar-refractivity contribution in [3.8, 4) is 23.0 Å². The van der Waals surface area contributed by atoms with Gasteiger partial charge in [-0.3, -0.25) is 9.59 Å². The van der Waals surface area contributed by atoms with Gasteiger partial charge >= 0.3 is 0 Å². The summed E-state index contributed by atoms with van der Waals surface area (Å²) in [5, 5.41) is 0.0433. The molecule has 0 saturated carbocycles. The second kappa shape index (κ2) is 10.6. The van der Waals surface area contributed by atoms with E-state index in [9.17, 15) is 14.2 Å². The Bertz CT molecular complexity index is 1230. The molecule has 1 unspecified atom stereocenters. The fourth-order valence-corrected chi connectivity index (χ4v) is 5.30. The van der Waals surface area contributed by atoms with E-state index in [-0.39, 0.29) is 44.5 Å². The third-order valence-electron chi connectivity index (χ3n) is 4.97. The number of hydrogen-bond donors (Lipinski definition) is 0. The molecule has 0 aliphatic carbocycles. The van der Waals surface area contributed by atoms with Gasteiger partial charge in [-0.2, -0.15) is 0 Å². The Morgan fingerprint density at radius 3 is 1.97 bits per heavy atom. The topological polar surface area (TPSA) is 88.1 Å². The number of benzene rings is 3. The zero-order chi connectivity index (χ0) is 24.1. The van der Waals surface area contributed by atoms with Crippen LogP contribution >= 0.6 is 19.4 Å². The monoisotopic (exact) mass is 488 g/mol. The normalized spacial score (nSPS) is 11.4. The smallest absolute Gasteiger partial charge is 0.228 e. The van der Waals surface area contributed by atoms with Crippen molar-refractivity contribution in [3.05, 3.63) is 76.3 Å². The van der Waals surface area contributed by atoms with Crippen LogP contribution < -0.4 is 24.3 Å². The lowest BCUT2D eigenvalue weighted by Crippen LogP contribution is -2.17. The first-order valence-electron chi connectivity index (χ1n) is 9.73. The predicted molar refractivity (Wildman–Crippen MR) is 127 cm³/mol. The molecule has 3 aromatic rings. The van der Waals surface area contributed by atoms with Crippen LogP contribution in [0.15, 0.2) is 54.6 Å². The molecule has 3 rings (SSSR count). The summed E-state index contributed by atoms with van der Waals surface area (Å²) in [5.74, 6) is -0.0811. The van der Waals surface area contributed by atoms with Crippen molar-refractivity contribution < 1.29 is 33.1 Å². The van der Waals surface area contributed by atoms with Crippen molar-refractivity contribution in [2.45, 2.75) is 0 Å². The van der Waals surface area contributed by atoms with E-state index in [2.05, 4.69) is 0 Å². The first-order chi connectivity index (χ1) is 15.9. The number of carbonyl (C=O) groups is 2. The molecule has 0 saturated heterocycles. The average Bonchev–Trinajstić information content (AvgIpc) is 2.86. The standard InChI is InChI=1S/C24H22ClO7P/c1-29-16-12-8-11-15(25)19(16)24(27)33(28)23-18(31-3)13-17(30-2)20(22(23)32-4)21(26)14-9-6-5-7-10-14/h5-13,33H,1-4H3. The van der Waals surface area contributed by atoms with E-state index in [4.69, 9.17) is 30.5 Å². The van der Waals surface area contributed by atoms with Gasteiger partial charge in [0.25, 0.3) is 0 Å². The number of ketones is 1. The Kier molecular flexibility index (Phi) is 7.79. The number of rotatable bonds is 9.